The molecule has 1 N–H and O–H groups in total. The van der Waals surface area contributed by atoms with E-state index in [0.29, 0.717) is 12.5 Å². The molecule has 23 heavy (non-hydrogen) atoms. The molecular formula is C18H27NO3S. The number of nitrogens with one attached hydrogen (secondary N) is 1. The Bertz CT molecular complexity index is 499. The fourth-order valence-electron chi connectivity index (χ4n) is 2.21. The summed E-state index contributed by atoms with van der Waals surface area (Å²) in [5, 5.41) is 2.95. The van der Waals surface area contributed by atoms with Crippen LogP contribution in [0.3, 0.4) is 0 Å². The molecule has 0 radical (unpaired) electrons. The van der Waals surface area contributed by atoms with Crippen LogP contribution < -0.4 is 5.32 Å². The molecule has 0 aliphatic rings. The minimum absolute atomic E-state index is 0.0428. The summed E-state index contributed by atoms with van der Waals surface area (Å²) in [6.45, 7) is 8.50. The first-order valence-electron chi connectivity index (χ1n) is 8.04. The third-order valence-corrected chi connectivity index (χ3v) is 4.17. The maximum atomic E-state index is 11.9. The number of rotatable bonds is 9. The van der Waals surface area contributed by atoms with Crippen LogP contribution in [0, 0.1) is 5.92 Å². The SMILES string of the molecule is CCOC(=O)CSCC(=O)NC(C)c1ccc(CC(C)C)cc1. The molecule has 0 saturated heterocycles. The van der Waals surface area contributed by atoms with E-state index in [9.17, 15) is 9.59 Å². The molecule has 1 unspecified atom stereocenters. The van der Waals surface area contributed by atoms with E-state index in [1.165, 1.54) is 17.3 Å². The Morgan fingerprint density at radius 2 is 1.78 bits per heavy atom. The molecule has 4 nitrogen and oxygen atoms in total. The maximum Gasteiger partial charge on any atom is 0.315 e. The average molecular weight is 337 g/mol. The fraction of sp³-hybridized carbons (Fsp3) is 0.556. The molecule has 1 aromatic rings. The second-order valence-corrected chi connectivity index (χ2v) is 6.91. The minimum Gasteiger partial charge on any atom is -0.465 e. The lowest BCUT2D eigenvalue weighted by molar-refractivity contribution is -0.139. The van der Waals surface area contributed by atoms with Gasteiger partial charge in [0.05, 0.1) is 24.2 Å². The quantitative estimate of drug-likeness (QED) is 0.702. The highest BCUT2D eigenvalue weighted by atomic mass is 32.2. The normalized spacial score (nSPS) is 12.0. The van der Waals surface area contributed by atoms with Crippen LogP contribution in [0.25, 0.3) is 0 Å². The van der Waals surface area contributed by atoms with Gasteiger partial charge in [-0.3, -0.25) is 9.59 Å². The van der Waals surface area contributed by atoms with Crippen LogP contribution in [-0.2, 0) is 20.7 Å². The van der Waals surface area contributed by atoms with Crippen molar-refractivity contribution in [2.45, 2.75) is 40.2 Å². The highest BCUT2D eigenvalue weighted by molar-refractivity contribution is 8.00. The lowest BCUT2D eigenvalue weighted by atomic mass is 10.00. The number of hydrogen-bond donors (Lipinski definition) is 1. The van der Waals surface area contributed by atoms with Gasteiger partial charge in [-0.1, -0.05) is 38.1 Å². The zero-order chi connectivity index (χ0) is 17.2. The van der Waals surface area contributed by atoms with Crippen molar-refractivity contribution >= 4 is 23.6 Å². The topological polar surface area (TPSA) is 55.4 Å². The molecule has 5 heteroatoms. The van der Waals surface area contributed by atoms with E-state index in [4.69, 9.17) is 4.74 Å². The predicted molar refractivity (Wildman–Crippen MR) is 95.5 cm³/mol. The van der Waals surface area contributed by atoms with Crippen LogP contribution in [0.1, 0.15) is 44.9 Å². The van der Waals surface area contributed by atoms with Crippen LogP contribution >= 0.6 is 11.8 Å². The highest BCUT2D eigenvalue weighted by Crippen LogP contribution is 2.15. The van der Waals surface area contributed by atoms with Crippen LogP contribution in [0.4, 0.5) is 0 Å². The molecule has 0 saturated carbocycles. The zero-order valence-corrected chi connectivity index (χ0v) is 15.2. The van der Waals surface area contributed by atoms with Crippen molar-refractivity contribution in [2.75, 3.05) is 18.1 Å². The molecule has 128 valence electrons. The molecule has 1 rings (SSSR count). The first-order chi connectivity index (χ1) is 10.9. The molecule has 0 heterocycles. The van der Waals surface area contributed by atoms with Crippen molar-refractivity contribution in [3.63, 3.8) is 0 Å². The second kappa shape index (κ2) is 10.3. The lowest BCUT2D eigenvalue weighted by Gasteiger charge is -2.15. The number of carbonyl (C=O) groups is 2. The van der Waals surface area contributed by atoms with Crippen molar-refractivity contribution in [3.8, 4) is 0 Å². The van der Waals surface area contributed by atoms with E-state index < -0.39 is 0 Å². The van der Waals surface area contributed by atoms with Gasteiger partial charge in [0, 0.05) is 0 Å². The van der Waals surface area contributed by atoms with Crippen molar-refractivity contribution < 1.29 is 14.3 Å². The minimum atomic E-state index is -0.279. The standard InChI is InChI=1S/C18H27NO3S/c1-5-22-18(21)12-23-11-17(20)19-14(4)16-8-6-15(7-9-16)10-13(2)3/h6-9,13-14H,5,10-12H2,1-4H3,(H,19,20). The Labute approximate surface area is 143 Å². The number of amides is 1. The Morgan fingerprint density at radius 1 is 1.13 bits per heavy atom. The van der Waals surface area contributed by atoms with E-state index in [0.717, 1.165) is 12.0 Å². The number of thioether (sulfide) groups is 1. The molecule has 0 bridgehead atoms. The van der Waals surface area contributed by atoms with E-state index in [1.54, 1.807) is 6.92 Å². The molecule has 1 atom stereocenters. The number of carbonyl (C=O) groups excluding carboxylic acids is 2. The molecule has 0 spiro atoms. The van der Waals surface area contributed by atoms with E-state index in [1.807, 2.05) is 6.92 Å². The first-order valence-corrected chi connectivity index (χ1v) is 9.19. The first kappa shape index (κ1) is 19.6. The predicted octanol–water partition coefficient (Wildman–Crippen LogP) is 3.36. The van der Waals surface area contributed by atoms with Crippen LogP contribution in [0.5, 0.6) is 0 Å². The molecule has 0 aliphatic heterocycles. The van der Waals surface area contributed by atoms with Gasteiger partial charge in [-0.05, 0) is 37.3 Å². The van der Waals surface area contributed by atoms with Crippen molar-refractivity contribution in [3.05, 3.63) is 35.4 Å². The van der Waals surface area contributed by atoms with Crippen molar-refractivity contribution in [1.29, 1.82) is 0 Å². The van der Waals surface area contributed by atoms with Gasteiger partial charge in [0.15, 0.2) is 0 Å². The summed E-state index contributed by atoms with van der Waals surface area (Å²) in [6.07, 6.45) is 1.06. The van der Waals surface area contributed by atoms with Crippen LogP contribution in [0.15, 0.2) is 24.3 Å². The monoisotopic (exact) mass is 337 g/mol. The summed E-state index contributed by atoms with van der Waals surface area (Å²) in [4.78, 5) is 23.1. The Balaban J connectivity index is 2.38. The lowest BCUT2D eigenvalue weighted by Crippen LogP contribution is -2.28. The Kier molecular flexibility index (Phi) is 8.77. The van der Waals surface area contributed by atoms with Gasteiger partial charge in [0.1, 0.15) is 0 Å². The fourth-order valence-corrected chi connectivity index (χ4v) is 2.83. The van der Waals surface area contributed by atoms with E-state index in [2.05, 4.69) is 43.4 Å². The van der Waals surface area contributed by atoms with Gasteiger partial charge in [-0.2, -0.15) is 0 Å². The molecule has 1 aromatic carbocycles. The maximum absolute atomic E-state index is 11.9. The molecule has 0 fully saturated rings. The average Bonchev–Trinajstić information content (AvgIpc) is 2.47. The number of hydrogen-bond acceptors (Lipinski definition) is 4. The van der Waals surface area contributed by atoms with Crippen molar-refractivity contribution in [2.24, 2.45) is 5.92 Å². The van der Waals surface area contributed by atoms with Gasteiger partial charge >= 0.3 is 5.97 Å². The van der Waals surface area contributed by atoms with Crippen molar-refractivity contribution in [1.82, 2.24) is 5.32 Å². The summed E-state index contributed by atoms with van der Waals surface area (Å²) < 4.78 is 4.82. The van der Waals surface area contributed by atoms with Gasteiger partial charge in [0.25, 0.3) is 0 Å². The number of esters is 1. The second-order valence-electron chi connectivity index (χ2n) is 5.93. The largest absolute Gasteiger partial charge is 0.465 e. The molecule has 1 amide bonds. The zero-order valence-electron chi connectivity index (χ0n) is 14.4. The summed E-state index contributed by atoms with van der Waals surface area (Å²) in [5.74, 6) is 0.750. The van der Waals surface area contributed by atoms with Crippen LogP contribution in [-0.4, -0.2) is 30.0 Å². The third kappa shape index (κ3) is 8.07. The van der Waals surface area contributed by atoms with Gasteiger partial charge < -0.3 is 10.1 Å². The number of benzene rings is 1. The van der Waals surface area contributed by atoms with Crippen LogP contribution in [0.2, 0.25) is 0 Å². The van der Waals surface area contributed by atoms with Gasteiger partial charge in [-0.15, -0.1) is 11.8 Å². The van der Waals surface area contributed by atoms with E-state index >= 15 is 0 Å². The third-order valence-electron chi connectivity index (χ3n) is 3.26. The highest BCUT2D eigenvalue weighted by Gasteiger charge is 2.11. The smallest absolute Gasteiger partial charge is 0.315 e. The summed E-state index contributed by atoms with van der Waals surface area (Å²) in [5.41, 5.74) is 2.40. The summed E-state index contributed by atoms with van der Waals surface area (Å²) in [7, 11) is 0. The van der Waals surface area contributed by atoms with E-state index in [-0.39, 0.29) is 29.4 Å². The molecule has 0 aromatic heterocycles. The summed E-state index contributed by atoms with van der Waals surface area (Å²) >= 11 is 1.27. The Morgan fingerprint density at radius 3 is 2.35 bits per heavy atom. The molecular weight excluding hydrogens is 310 g/mol. The Hall–Kier alpha value is -1.49. The van der Waals surface area contributed by atoms with Gasteiger partial charge in [0.2, 0.25) is 5.91 Å². The molecule has 0 aliphatic carbocycles. The number of ether oxygens (including phenoxy) is 1. The summed E-state index contributed by atoms with van der Waals surface area (Å²) in [6, 6.07) is 8.32. The van der Waals surface area contributed by atoms with Gasteiger partial charge in [-0.25, -0.2) is 0 Å².